The van der Waals surface area contributed by atoms with E-state index in [0.717, 1.165) is 38.8 Å². The zero-order valence-corrected chi connectivity index (χ0v) is 18.0. The van der Waals surface area contributed by atoms with Crippen molar-refractivity contribution in [1.82, 2.24) is 9.80 Å². The predicted octanol–water partition coefficient (Wildman–Crippen LogP) is 3.87. The van der Waals surface area contributed by atoms with Crippen LogP contribution in [0.25, 0.3) is 0 Å². The predicted molar refractivity (Wildman–Crippen MR) is 109 cm³/mol. The van der Waals surface area contributed by atoms with E-state index in [2.05, 4.69) is 27.7 Å². The summed E-state index contributed by atoms with van der Waals surface area (Å²) in [6.45, 7) is 10.2. The molecule has 0 aromatic heterocycles. The van der Waals surface area contributed by atoms with Crippen molar-refractivity contribution in [3.05, 3.63) is 0 Å². The Bertz CT molecular complexity index is 570. The van der Waals surface area contributed by atoms with Crippen molar-refractivity contribution in [1.29, 1.82) is 10.5 Å². The van der Waals surface area contributed by atoms with E-state index in [0.29, 0.717) is 23.9 Å². The Morgan fingerprint density at radius 1 is 0.893 bits per heavy atom. The Kier molecular flexibility index (Phi) is 10.6. The van der Waals surface area contributed by atoms with Crippen LogP contribution in [0.4, 0.5) is 0 Å². The second-order valence-electron chi connectivity index (χ2n) is 8.27. The third-order valence-corrected chi connectivity index (χ3v) is 5.77. The van der Waals surface area contributed by atoms with E-state index in [4.69, 9.17) is 10.5 Å². The van der Waals surface area contributed by atoms with Crippen LogP contribution in [-0.4, -0.2) is 46.8 Å². The zero-order valence-electron chi connectivity index (χ0n) is 18.0. The molecular weight excluding hydrogens is 352 g/mol. The van der Waals surface area contributed by atoms with Crippen LogP contribution in [0.2, 0.25) is 0 Å². The number of amides is 2. The molecule has 0 aliphatic carbocycles. The summed E-state index contributed by atoms with van der Waals surface area (Å²) < 4.78 is 0. The first-order valence-corrected chi connectivity index (χ1v) is 10.7. The highest BCUT2D eigenvalue weighted by Crippen LogP contribution is 2.27. The molecule has 4 unspecified atom stereocenters. The maximum Gasteiger partial charge on any atom is 0.237 e. The van der Waals surface area contributed by atoms with Gasteiger partial charge in [-0.15, -0.1) is 0 Å². The summed E-state index contributed by atoms with van der Waals surface area (Å²) in [7, 11) is 0. The van der Waals surface area contributed by atoms with Gasteiger partial charge >= 0.3 is 0 Å². The smallest absolute Gasteiger partial charge is 0.237 e. The average Bonchev–Trinajstić information content (AvgIpc) is 2.67. The van der Waals surface area contributed by atoms with Gasteiger partial charge in [-0.25, -0.2) is 0 Å². The van der Waals surface area contributed by atoms with Crippen LogP contribution in [0, 0.1) is 34.5 Å². The van der Waals surface area contributed by atoms with Gasteiger partial charge in [0.05, 0.1) is 12.1 Å². The second-order valence-corrected chi connectivity index (χ2v) is 8.27. The van der Waals surface area contributed by atoms with Gasteiger partial charge in [-0.2, -0.15) is 10.5 Å². The second kappa shape index (κ2) is 12.4. The zero-order chi connectivity index (χ0) is 21.1. The van der Waals surface area contributed by atoms with E-state index in [1.165, 1.54) is 12.8 Å². The van der Waals surface area contributed by atoms with Crippen molar-refractivity contribution in [2.24, 2.45) is 11.8 Å². The summed E-state index contributed by atoms with van der Waals surface area (Å²) in [6.07, 6.45) is 6.69. The summed E-state index contributed by atoms with van der Waals surface area (Å²) in [4.78, 5) is 27.0. The normalized spacial score (nSPS) is 27.1. The molecule has 0 N–H and O–H groups in total. The molecule has 6 heteroatoms. The SMILES string of the molecule is CC1CC(C)CN(C(=O)CC#N)C1.CCC1CCCC(CC)N1C(=O)CC#N. The van der Waals surface area contributed by atoms with E-state index >= 15 is 0 Å². The number of carbonyl (C=O) groups excluding carboxylic acids is 2. The molecule has 0 spiro atoms. The van der Waals surface area contributed by atoms with Gasteiger partial charge in [0.2, 0.25) is 11.8 Å². The lowest BCUT2D eigenvalue weighted by molar-refractivity contribution is -0.137. The Morgan fingerprint density at radius 2 is 1.36 bits per heavy atom. The van der Waals surface area contributed by atoms with E-state index in [9.17, 15) is 9.59 Å². The molecule has 6 nitrogen and oxygen atoms in total. The molecule has 2 heterocycles. The number of piperidine rings is 2. The van der Waals surface area contributed by atoms with E-state index in [1.54, 1.807) is 0 Å². The lowest BCUT2D eigenvalue weighted by atomic mass is 9.92. The van der Waals surface area contributed by atoms with Gasteiger partial charge in [0.25, 0.3) is 0 Å². The third-order valence-electron chi connectivity index (χ3n) is 5.77. The Hall–Kier alpha value is -2.08. The quantitative estimate of drug-likeness (QED) is 0.731. The van der Waals surface area contributed by atoms with Crippen LogP contribution >= 0.6 is 0 Å². The lowest BCUT2D eigenvalue weighted by Crippen LogP contribution is -2.49. The van der Waals surface area contributed by atoms with E-state index in [1.807, 2.05) is 21.9 Å². The van der Waals surface area contributed by atoms with Gasteiger partial charge in [-0.3, -0.25) is 9.59 Å². The Morgan fingerprint density at radius 3 is 1.79 bits per heavy atom. The topological polar surface area (TPSA) is 88.2 Å². The minimum Gasteiger partial charge on any atom is -0.341 e. The van der Waals surface area contributed by atoms with Crippen LogP contribution in [0.15, 0.2) is 0 Å². The number of rotatable bonds is 4. The van der Waals surface area contributed by atoms with E-state index < -0.39 is 0 Å². The number of nitriles is 2. The van der Waals surface area contributed by atoms with Crippen LogP contribution in [0.3, 0.4) is 0 Å². The molecule has 156 valence electrons. The van der Waals surface area contributed by atoms with Crippen LogP contribution in [0.1, 0.15) is 79.1 Å². The number of likely N-dealkylation sites (tertiary alicyclic amines) is 2. The molecule has 2 amide bonds. The minimum atomic E-state index is -0.0131. The largest absolute Gasteiger partial charge is 0.341 e. The van der Waals surface area contributed by atoms with Gasteiger partial charge in [0.1, 0.15) is 12.8 Å². The lowest BCUT2D eigenvalue weighted by Gasteiger charge is -2.41. The first-order chi connectivity index (χ1) is 13.4. The first kappa shape index (κ1) is 24.0. The fraction of sp³-hybridized carbons (Fsp3) is 0.818. The summed E-state index contributed by atoms with van der Waals surface area (Å²) in [5.41, 5.74) is 0. The van der Waals surface area contributed by atoms with Gasteiger partial charge in [0.15, 0.2) is 0 Å². The summed E-state index contributed by atoms with van der Waals surface area (Å²) in [5, 5.41) is 17.0. The molecule has 2 saturated heterocycles. The van der Waals surface area contributed by atoms with Crippen molar-refractivity contribution in [3.63, 3.8) is 0 Å². The van der Waals surface area contributed by atoms with Gasteiger partial charge in [-0.1, -0.05) is 27.7 Å². The van der Waals surface area contributed by atoms with Gasteiger partial charge in [0, 0.05) is 25.2 Å². The van der Waals surface area contributed by atoms with Crippen molar-refractivity contribution in [2.75, 3.05) is 13.1 Å². The highest BCUT2D eigenvalue weighted by Gasteiger charge is 2.31. The van der Waals surface area contributed by atoms with Crippen molar-refractivity contribution in [2.45, 2.75) is 91.1 Å². The fourth-order valence-corrected chi connectivity index (χ4v) is 4.58. The molecule has 0 radical (unpaired) electrons. The molecule has 0 aromatic rings. The number of carbonyl (C=O) groups is 2. The molecule has 2 rings (SSSR count). The molecule has 2 fully saturated rings. The molecule has 2 aliphatic heterocycles. The minimum absolute atomic E-state index is 0.0131. The Balaban J connectivity index is 0.000000283. The molecular formula is C22H36N4O2. The van der Waals surface area contributed by atoms with Crippen molar-refractivity contribution in [3.8, 4) is 12.1 Å². The first-order valence-electron chi connectivity index (χ1n) is 10.7. The standard InChI is InChI=1S/C12H20N2O.C10H16N2O/c1-3-10-6-5-7-11(4-2)14(10)12(15)8-9-13;1-8-5-9(2)7-12(6-8)10(13)3-4-11/h10-11H,3-8H2,1-2H3;8-9H,3,5-7H2,1-2H3. The highest BCUT2D eigenvalue weighted by molar-refractivity contribution is 5.79. The van der Waals surface area contributed by atoms with Crippen LogP contribution in [0.5, 0.6) is 0 Å². The number of hydrogen-bond acceptors (Lipinski definition) is 4. The maximum absolute atomic E-state index is 11.8. The number of hydrogen-bond donors (Lipinski definition) is 0. The molecule has 2 aliphatic rings. The molecule has 0 bridgehead atoms. The summed E-state index contributed by atoms with van der Waals surface area (Å²) in [5.74, 6) is 1.16. The highest BCUT2D eigenvalue weighted by atomic mass is 16.2. The van der Waals surface area contributed by atoms with Crippen molar-refractivity contribution >= 4 is 11.8 Å². The van der Waals surface area contributed by atoms with Crippen LogP contribution in [-0.2, 0) is 9.59 Å². The summed E-state index contributed by atoms with van der Waals surface area (Å²) >= 11 is 0. The molecule has 4 atom stereocenters. The van der Waals surface area contributed by atoms with Gasteiger partial charge in [-0.05, 0) is 50.4 Å². The average molecular weight is 389 g/mol. The monoisotopic (exact) mass is 388 g/mol. The number of nitrogens with zero attached hydrogens (tertiary/aromatic N) is 4. The summed E-state index contributed by atoms with van der Waals surface area (Å²) in [6, 6.07) is 4.60. The van der Waals surface area contributed by atoms with Crippen molar-refractivity contribution < 1.29 is 9.59 Å². The van der Waals surface area contributed by atoms with E-state index in [-0.39, 0.29) is 24.7 Å². The van der Waals surface area contributed by atoms with Crippen LogP contribution < -0.4 is 0 Å². The third kappa shape index (κ3) is 7.15. The molecule has 0 saturated carbocycles. The molecule has 0 aromatic carbocycles. The maximum atomic E-state index is 11.8. The Labute approximate surface area is 170 Å². The van der Waals surface area contributed by atoms with Gasteiger partial charge < -0.3 is 9.80 Å². The fourth-order valence-electron chi connectivity index (χ4n) is 4.58. The molecule has 28 heavy (non-hydrogen) atoms.